The van der Waals surface area contributed by atoms with E-state index in [9.17, 15) is 9.18 Å². The van der Waals surface area contributed by atoms with E-state index in [1.807, 2.05) is 24.3 Å². The minimum Gasteiger partial charge on any atom is -0.358 e. The van der Waals surface area contributed by atoms with Gasteiger partial charge in [0.1, 0.15) is 5.82 Å². The van der Waals surface area contributed by atoms with Gasteiger partial charge in [0.25, 0.3) is 0 Å². The summed E-state index contributed by atoms with van der Waals surface area (Å²) in [5.41, 5.74) is 8.08. The van der Waals surface area contributed by atoms with E-state index in [1.54, 1.807) is 25.2 Å². The fourth-order valence-electron chi connectivity index (χ4n) is 2.05. The van der Waals surface area contributed by atoms with Crippen molar-refractivity contribution in [2.24, 2.45) is 5.73 Å². The van der Waals surface area contributed by atoms with Crippen molar-refractivity contribution >= 4 is 5.91 Å². The SMILES string of the molecule is CNC(=O)[C@@H](N)Cc1ccc(-c2ccccc2F)cc1. The molecule has 0 saturated carbocycles. The third-order valence-corrected chi connectivity index (χ3v) is 3.18. The number of carbonyl (C=O) groups excluding carboxylic acids is 1. The van der Waals surface area contributed by atoms with Crippen LogP contribution in [-0.4, -0.2) is 19.0 Å². The van der Waals surface area contributed by atoms with E-state index < -0.39 is 6.04 Å². The van der Waals surface area contributed by atoms with Crippen LogP contribution in [0.2, 0.25) is 0 Å². The van der Waals surface area contributed by atoms with Crippen LogP contribution in [-0.2, 0) is 11.2 Å². The maximum absolute atomic E-state index is 13.7. The van der Waals surface area contributed by atoms with Gasteiger partial charge in [-0.15, -0.1) is 0 Å². The molecule has 2 aromatic rings. The molecule has 4 heteroatoms. The van der Waals surface area contributed by atoms with Gasteiger partial charge in [-0.1, -0.05) is 42.5 Å². The molecule has 0 saturated heterocycles. The molecule has 104 valence electrons. The van der Waals surface area contributed by atoms with Crippen LogP contribution in [0.4, 0.5) is 4.39 Å². The van der Waals surface area contributed by atoms with Crippen LogP contribution < -0.4 is 11.1 Å². The number of hydrogen-bond acceptors (Lipinski definition) is 2. The molecule has 1 atom stereocenters. The first-order valence-corrected chi connectivity index (χ1v) is 6.43. The molecule has 0 radical (unpaired) electrons. The Balaban J connectivity index is 2.15. The van der Waals surface area contributed by atoms with Gasteiger partial charge in [-0.3, -0.25) is 4.79 Å². The van der Waals surface area contributed by atoms with Crippen LogP contribution in [0.5, 0.6) is 0 Å². The minimum atomic E-state index is -0.570. The highest BCUT2D eigenvalue weighted by molar-refractivity contribution is 5.81. The number of halogens is 1. The molecule has 20 heavy (non-hydrogen) atoms. The molecule has 0 aliphatic heterocycles. The predicted molar refractivity (Wildman–Crippen MR) is 77.6 cm³/mol. The standard InChI is InChI=1S/C16H17FN2O/c1-19-16(20)15(18)10-11-6-8-12(9-7-11)13-4-2-3-5-14(13)17/h2-9,15H,10,18H2,1H3,(H,19,20)/t15-/m0/s1. The van der Waals surface area contributed by atoms with Crippen LogP contribution >= 0.6 is 0 Å². The number of benzene rings is 2. The number of likely N-dealkylation sites (N-methyl/N-ethyl adjacent to an activating group) is 1. The monoisotopic (exact) mass is 272 g/mol. The molecule has 0 bridgehead atoms. The second-order valence-corrected chi connectivity index (χ2v) is 4.60. The number of carbonyl (C=O) groups is 1. The van der Waals surface area contributed by atoms with Crippen molar-refractivity contribution in [2.45, 2.75) is 12.5 Å². The predicted octanol–water partition coefficient (Wildman–Crippen LogP) is 2.11. The van der Waals surface area contributed by atoms with Gasteiger partial charge in [0.05, 0.1) is 6.04 Å². The number of hydrogen-bond donors (Lipinski definition) is 2. The molecule has 0 aromatic heterocycles. The summed E-state index contributed by atoms with van der Waals surface area (Å²) in [5.74, 6) is -0.439. The lowest BCUT2D eigenvalue weighted by atomic mass is 10.0. The molecule has 0 fully saturated rings. The maximum atomic E-state index is 13.7. The van der Waals surface area contributed by atoms with Crippen molar-refractivity contribution in [3.8, 4) is 11.1 Å². The van der Waals surface area contributed by atoms with Gasteiger partial charge < -0.3 is 11.1 Å². The summed E-state index contributed by atoms with van der Waals surface area (Å²) < 4.78 is 13.7. The van der Waals surface area contributed by atoms with Crippen molar-refractivity contribution in [3.63, 3.8) is 0 Å². The zero-order valence-corrected chi connectivity index (χ0v) is 11.3. The molecule has 0 aliphatic rings. The molecule has 0 unspecified atom stereocenters. The Bertz CT molecular complexity index is 596. The molecular weight excluding hydrogens is 255 g/mol. The van der Waals surface area contributed by atoms with Crippen molar-refractivity contribution < 1.29 is 9.18 Å². The Morgan fingerprint density at radius 3 is 2.45 bits per heavy atom. The quantitative estimate of drug-likeness (QED) is 0.895. The van der Waals surface area contributed by atoms with Crippen LogP contribution in [0.3, 0.4) is 0 Å². The molecule has 0 spiro atoms. The molecule has 0 aliphatic carbocycles. The normalized spacial score (nSPS) is 11.9. The van der Waals surface area contributed by atoms with E-state index in [1.165, 1.54) is 6.07 Å². The van der Waals surface area contributed by atoms with Gasteiger partial charge >= 0.3 is 0 Å². The lowest BCUT2D eigenvalue weighted by Gasteiger charge is -2.10. The Morgan fingerprint density at radius 1 is 1.20 bits per heavy atom. The summed E-state index contributed by atoms with van der Waals surface area (Å²) in [6.07, 6.45) is 0.456. The van der Waals surface area contributed by atoms with Gasteiger partial charge in [0.2, 0.25) is 5.91 Å². The Kier molecular flexibility index (Phi) is 4.48. The second-order valence-electron chi connectivity index (χ2n) is 4.60. The highest BCUT2D eigenvalue weighted by Gasteiger charge is 2.12. The lowest BCUT2D eigenvalue weighted by molar-refractivity contribution is -0.121. The smallest absolute Gasteiger partial charge is 0.237 e. The fourth-order valence-corrected chi connectivity index (χ4v) is 2.05. The number of nitrogens with one attached hydrogen (secondary N) is 1. The molecule has 3 N–H and O–H groups in total. The van der Waals surface area contributed by atoms with E-state index in [4.69, 9.17) is 5.73 Å². The number of nitrogens with two attached hydrogens (primary N) is 1. The van der Waals surface area contributed by atoms with Crippen molar-refractivity contribution in [3.05, 3.63) is 59.9 Å². The first kappa shape index (κ1) is 14.2. The first-order chi connectivity index (χ1) is 9.61. The lowest BCUT2D eigenvalue weighted by Crippen LogP contribution is -2.40. The van der Waals surface area contributed by atoms with Crippen molar-refractivity contribution in [2.75, 3.05) is 7.05 Å². The minimum absolute atomic E-state index is 0.191. The van der Waals surface area contributed by atoms with Crippen molar-refractivity contribution in [1.29, 1.82) is 0 Å². The van der Waals surface area contributed by atoms with E-state index in [0.29, 0.717) is 12.0 Å². The first-order valence-electron chi connectivity index (χ1n) is 6.43. The zero-order valence-electron chi connectivity index (χ0n) is 11.3. The van der Waals surface area contributed by atoms with Gasteiger partial charge in [0.15, 0.2) is 0 Å². The van der Waals surface area contributed by atoms with E-state index in [2.05, 4.69) is 5.32 Å². The highest BCUT2D eigenvalue weighted by atomic mass is 19.1. The van der Waals surface area contributed by atoms with E-state index in [-0.39, 0.29) is 11.7 Å². The highest BCUT2D eigenvalue weighted by Crippen LogP contribution is 2.22. The zero-order chi connectivity index (χ0) is 14.5. The molecule has 2 aromatic carbocycles. The third-order valence-electron chi connectivity index (χ3n) is 3.18. The third kappa shape index (κ3) is 3.22. The maximum Gasteiger partial charge on any atom is 0.237 e. The summed E-state index contributed by atoms with van der Waals surface area (Å²) in [4.78, 5) is 11.4. The van der Waals surface area contributed by atoms with Crippen molar-refractivity contribution in [1.82, 2.24) is 5.32 Å². The summed E-state index contributed by atoms with van der Waals surface area (Å²) in [6, 6.07) is 13.5. The second kappa shape index (κ2) is 6.30. The van der Waals surface area contributed by atoms with Gasteiger partial charge in [-0.05, 0) is 23.6 Å². The van der Waals surface area contributed by atoms with E-state index in [0.717, 1.165) is 11.1 Å². The Labute approximate surface area is 117 Å². The number of rotatable bonds is 4. The fraction of sp³-hybridized carbons (Fsp3) is 0.188. The Morgan fingerprint density at radius 2 is 1.85 bits per heavy atom. The molecule has 1 amide bonds. The summed E-state index contributed by atoms with van der Waals surface area (Å²) in [5, 5.41) is 2.52. The molecule has 0 heterocycles. The van der Waals surface area contributed by atoms with Crippen LogP contribution in [0.15, 0.2) is 48.5 Å². The molecule has 3 nitrogen and oxygen atoms in total. The van der Waals surface area contributed by atoms with Crippen LogP contribution in [0, 0.1) is 5.82 Å². The average Bonchev–Trinajstić information content (AvgIpc) is 2.48. The molecule has 2 rings (SSSR count). The van der Waals surface area contributed by atoms with E-state index >= 15 is 0 Å². The summed E-state index contributed by atoms with van der Waals surface area (Å²) >= 11 is 0. The largest absolute Gasteiger partial charge is 0.358 e. The Hall–Kier alpha value is -2.20. The van der Waals surface area contributed by atoms with Gasteiger partial charge in [0, 0.05) is 12.6 Å². The molecular formula is C16H17FN2O. The van der Waals surface area contributed by atoms with Gasteiger partial charge in [-0.2, -0.15) is 0 Å². The number of amides is 1. The van der Waals surface area contributed by atoms with Crippen LogP contribution in [0.1, 0.15) is 5.56 Å². The van der Waals surface area contributed by atoms with Gasteiger partial charge in [-0.25, -0.2) is 4.39 Å². The summed E-state index contributed by atoms with van der Waals surface area (Å²) in [7, 11) is 1.56. The van der Waals surface area contributed by atoms with Crippen LogP contribution in [0.25, 0.3) is 11.1 Å². The summed E-state index contributed by atoms with van der Waals surface area (Å²) in [6.45, 7) is 0. The average molecular weight is 272 g/mol. The topological polar surface area (TPSA) is 55.1 Å².